The van der Waals surface area contributed by atoms with E-state index in [4.69, 9.17) is 5.11 Å². The van der Waals surface area contributed by atoms with Gasteiger partial charge < -0.3 is 10.4 Å². The van der Waals surface area contributed by atoms with Gasteiger partial charge in [0.2, 0.25) is 5.91 Å². The van der Waals surface area contributed by atoms with Crippen LogP contribution in [0.5, 0.6) is 0 Å². The molecule has 4 heteroatoms. The number of rotatable bonds is 5. The zero-order valence-corrected chi connectivity index (χ0v) is 9.80. The summed E-state index contributed by atoms with van der Waals surface area (Å²) >= 11 is 0. The molecule has 1 fully saturated rings. The van der Waals surface area contributed by atoms with Gasteiger partial charge in [0.05, 0.1) is 6.10 Å². The molecule has 0 unspecified atom stereocenters. The van der Waals surface area contributed by atoms with Crippen molar-refractivity contribution in [3.05, 3.63) is 30.1 Å². The fraction of sp³-hybridized carbons (Fsp3) is 0.538. The molecule has 1 amide bonds. The highest BCUT2D eigenvalue weighted by Gasteiger charge is 2.26. The van der Waals surface area contributed by atoms with Gasteiger partial charge in [0.1, 0.15) is 0 Å². The van der Waals surface area contributed by atoms with E-state index >= 15 is 0 Å². The molecule has 17 heavy (non-hydrogen) atoms. The van der Waals surface area contributed by atoms with E-state index in [-0.39, 0.29) is 12.0 Å². The number of nitrogens with one attached hydrogen (secondary N) is 1. The van der Waals surface area contributed by atoms with Crippen LogP contribution in [0, 0.1) is 5.92 Å². The predicted molar refractivity (Wildman–Crippen MR) is 64.3 cm³/mol. The molecule has 1 saturated carbocycles. The van der Waals surface area contributed by atoms with Crippen LogP contribution in [0.3, 0.4) is 0 Å². The zero-order valence-electron chi connectivity index (χ0n) is 9.80. The summed E-state index contributed by atoms with van der Waals surface area (Å²) in [4.78, 5) is 15.5. The SMILES string of the molecule is O=C(CCc1ccncc1)NCC1CC(O)C1. The number of nitrogens with zero attached hydrogens (tertiary/aromatic N) is 1. The fourth-order valence-electron chi connectivity index (χ4n) is 2.02. The van der Waals surface area contributed by atoms with E-state index in [1.807, 2.05) is 12.1 Å². The quantitative estimate of drug-likeness (QED) is 0.795. The molecule has 0 radical (unpaired) electrons. The Labute approximate surface area is 101 Å². The highest BCUT2D eigenvalue weighted by Crippen LogP contribution is 2.26. The van der Waals surface area contributed by atoms with Gasteiger partial charge >= 0.3 is 0 Å². The first kappa shape index (κ1) is 12.0. The molecule has 0 bridgehead atoms. The van der Waals surface area contributed by atoms with Crippen LogP contribution >= 0.6 is 0 Å². The predicted octanol–water partition coefficient (Wildman–Crippen LogP) is 0.901. The molecule has 92 valence electrons. The molecule has 0 aromatic carbocycles. The van der Waals surface area contributed by atoms with Crippen molar-refractivity contribution in [1.82, 2.24) is 10.3 Å². The Morgan fingerprint density at radius 3 is 2.76 bits per heavy atom. The van der Waals surface area contributed by atoms with Gasteiger partial charge in [-0.2, -0.15) is 0 Å². The van der Waals surface area contributed by atoms with Crippen LogP contribution in [-0.4, -0.2) is 28.6 Å². The minimum absolute atomic E-state index is 0.0863. The number of aromatic nitrogens is 1. The van der Waals surface area contributed by atoms with E-state index in [9.17, 15) is 4.79 Å². The summed E-state index contributed by atoms with van der Waals surface area (Å²) in [6, 6.07) is 3.85. The van der Waals surface area contributed by atoms with Crippen LogP contribution in [0.2, 0.25) is 0 Å². The Morgan fingerprint density at radius 1 is 1.41 bits per heavy atom. The maximum absolute atomic E-state index is 11.6. The zero-order chi connectivity index (χ0) is 12.1. The van der Waals surface area contributed by atoms with Crippen LogP contribution in [0.25, 0.3) is 0 Å². The molecular weight excluding hydrogens is 216 g/mol. The molecule has 2 N–H and O–H groups in total. The lowest BCUT2D eigenvalue weighted by Crippen LogP contribution is -2.38. The van der Waals surface area contributed by atoms with E-state index in [0.717, 1.165) is 24.8 Å². The summed E-state index contributed by atoms with van der Waals surface area (Å²) in [6.07, 6.45) is 6.25. The third kappa shape index (κ3) is 3.82. The van der Waals surface area contributed by atoms with Crippen molar-refractivity contribution in [1.29, 1.82) is 0 Å². The summed E-state index contributed by atoms with van der Waals surface area (Å²) in [6.45, 7) is 0.701. The van der Waals surface area contributed by atoms with Gasteiger partial charge in [-0.05, 0) is 42.9 Å². The number of aliphatic hydroxyl groups excluding tert-OH is 1. The summed E-state index contributed by atoms with van der Waals surface area (Å²) in [5.41, 5.74) is 1.13. The molecule has 1 aromatic rings. The molecule has 1 aliphatic carbocycles. The van der Waals surface area contributed by atoms with Gasteiger partial charge in [-0.25, -0.2) is 0 Å². The van der Waals surface area contributed by atoms with Crippen LogP contribution in [0.15, 0.2) is 24.5 Å². The topological polar surface area (TPSA) is 62.2 Å². The fourth-order valence-corrected chi connectivity index (χ4v) is 2.02. The Morgan fingerprint density at radius 2 is 2.12 bits per heavy atom. The van der Waals surface area contributed by atoms with Crippen molar-refractivity contribution in [3.8, 4) is 0 Å². The Bertz CT molecular complexity index is 361. The molecule has 2 rings (SSSR count). The van der Waals surface area contributed by atoms with Gasteiger partial charge in [-0.3, -0.25) is 9.78 Å². The maximum Gasteiger partial charge on any atom is 0.220 e. The van der Waals surface area contributed by atoms with Gasteiger partial charge in [0.15, 0.2) is 0 Å². The Hall–Kier alpha value is -1.42. The highest BCUT2D eigenvalue weighted by molar-refractivity contribution is 5.76. The molecule has 1 aromatic heterocycles. The Kier molecular flexibility index (Phi) is 4.09. The lowest BCUT2D eigenvalue weighted by Gasteiger charge is -2.31. The smallest absolute Gasteiger partial charge is 0.220 e. The number of aryl methyl sites for hydroxylation is 1. The maximum atomic E-state index is 11.6. The van der Waals surface area contributed by atoms with E-state index < -0.39 is 0 Å². The largest absolute Gasteiger partial charge is 0.393 e. The van der Waals surface area contributed by atoms with E-state index in [0.29, 0.717) is 18.9 Å². The molecular formula is C13H18N2O2. The van der Waals surface area contributed by atoms with Crippen LogP contribution in [0.4, 0.5) is 0 Å². The number of amides is 1. The van der Waals surface area contributed by atoms with Crippen molar-refractivity contribution in [2.45, 2.75) is 31.8 Å². The van der Waals surface area contributed by atoms with Gasteiger partial charge in [0.25, 0.3) is 0 Å². The lowest BCUT2D eigenvalue weighted by molar-refractivity contribution is -0.121. The normalized spacial score (nSPS) is 22.9. The average Bonchev–Trinajstić information content (AvgIpc) is 2.32. The number of hydrogen-bond acceptors (Lipinski definition) is 3. The van der Waals surface area contributed by atoms with Crippen molar-refractivity contribution < 1.29 is 9.90 Å². The standard InChI is InChI=1S/C13H18N2O2/c16-12-7-11(8-12)9-15-13(17)2-1-10-3-5-14-6-4-10/h3-6,11-12,16H,1-2,7-9H2,(H,15,17). The van der Waals surface area contributed by atoms with Crippen LogP contribution in [-0.2, 0) is 11.2 Å². The lowest BCUT2D eigenvalue weighted by atomic mass is 9.82. The first-order chi connectivity index (χ1) is 8.24. The summed E-state index contributed by atoms with van der Waals surface area (Å²) in [5, 5.41) is 12.0. The first-order valence-corrected chi connectivity index (χ1v) is 6.07. The minimum Gasteiger partial charge on any atom is -0.393 e. The van der Waals surface area contributed by atoms with E-state index in [1.165, 1.54) is 0 Å². The van der Waals surface area contributed by atoms with Crippen LogP contribution < -0.4 is 5.32 Å². The first-order valence-electron chi connectivity index (χ1n) is 6.07. The summed E-state index contributed by atoms with van der Waals surface area (Å²) < 4.78 is 0. The number of carbonyl (C=O) groups is 1. The molecule has 1 aliphatic rings. The molecule has 0 aliphatic heterocycles. The third-order valence-corrected chi connectivity index (χ3v) is 3.19. The van der Waals surface area contributed by atoms with Gasteiger partial charge in [-0.1, -0.05) is 0 Å². The van der Waals surface area contributed by atoms with E-state index in [1.54, 1.807) is 12.4 Å². The second kappa shape index (κ2) is 5.77. The van der Waals surface area contributed by atoms with Crippen molar-refractivity contribution in [2.24, 2.45) is 5.92 Å². The summed E-state index contributed by atoms with van der Waals surface area (Å²) in [7, 11) is 0. The molecule has 0 atom stereocenters. The number of hydrogen-bond donors (Lipinski definition) is 2. The van der Waals surface area contributed by atoms with Crippen LogP contribution in [0.1, 0.15) is 24.8 Å². The van der Waals surface area contributed by atoms with Crippen molar-refractivity contribution in [2.75, 3.05) is 6.54 Å². The summed E-state index contributed by atoms with van der Waals surface area (Å²) in [5.74, 6) is 0.554. The van der Waals surface area contributed by atoms with Crippen molar-refractivity contribution in [3.63, 3.8) is 0 Å². The number of carbonyl (C=O) groups excluding carboxylic acids is 1. The van der Waals surface area contributed by atoms with Gasteiger partial charge in [0, 0.05) is 25.4 Å². The molecule has 4 nitrogen and oxygen atoms in total. The average molecular weight is 234 g/mol. The third-order valence-electron chi connectivity index (χ3n) is 3.19. The highest BCUT2D eigenvalue weighted by atomic mass is 16.3. The molecule has 0 saturated heterocycles. The minimum atomic E-state index is -0.145. The van der Waals surface area contributed by atoms with Gasteiger partial charge in [-0.15, -0.1) is 0 Å². The molecule has 1 heterocycles. The number of pyridine rings is 1. The number of aliphatic hydroxyl groups is 1. The molecule has 0 spiro atoms. The van der Waals surface area contributed by atoms with E-state index in [2.05, 4.69) is 10.3 Å². The second-order valence-corrected chi connectivity index (χ2v) is 4.65. The monoisotopic (exact) mass is 234 g/mol. The second-order valence-electron chi connectivity index (χ2n) is 4.65. The Balaban J connectivity index is 1.61. The van der Waals surface area contributed by atoms with Crippen molar-refractivity contribution >= 4 is 5.91 Å².